The zero-order valence-corrected chi connectivity index (χ0v) is 42.0. The maximum atomic E-state index is 12.7. The van der Waals surface area contributed by atoms with Crippen LogP contribution >= 0.6 is 0 Å². The van der Waals surface area contributed by atoms with E-state index in [4.69, 9.17) is 28.4 Å². The lowest BCUT2D eigenvalue weighted by Crippen LogP contribution is -2.11. The Hall–Kier alpha value is -7.86. The summed E-state index contributed by atoms with van der Waals surface area (Å²) in [5.41, 5.74) is 4.44. The summed E-state index contributed by atoms with van der Waals surface area (Å²) in [6.45, 7) is 5.87. The van der Waals surface area contributed by atoms with Crippen molar-refractivity contribution in [2.24, 2.45) is 9.98 Å². The van der Waals surface area contributed by atoms with Gasteiger partial charge in [0.05, 0.1) is 60.1 Å². The van der Waals surface area contributed by atoms with Crippen molar-refractivity contribution < 1.29 is 47.6 Å². The second kappa shape index (κ2) is 30.8. The van der Waals surface area contributed by atoms with Crippen LogP contribution in [0, 0.1) is 0 Å². The van der Waals surface area contributed by atoms with Crippen LogP contribution in [0.4, 0.5) is 11.4 Å². The molecule has 6 rings (SSSR count). The summed E-state index contributed by atoms with van der Waals surface area (Å²) in [6.07, 6.45) is 18.0. The van der Waals surface area contributed by atoms with Gasteiger partial charge in [-0.25, -0.2) is 19.2 Å². The number of nitrogens with zero attached hydrogens (tertiary/aromatic N) is 2. The van der Waals surface area contributed by atoms with Gasteiger partial charge in [-0.15, -0.1) is 0 Å². The number of carbonyl (C=O) groups is 4. The van der Waals surface area contributed by atoms with Crippen LogP contribution in [-0.2, 0) is 9.47 Å². The van der Waals surface area contributed by atoms with Gasteiger partial charge < -0.3 is 28.4 Å². The Kier molecular flexibility index (Phi) is 23.0. The van der Waals surface area contributed by atoms with Gasteiger partial charge in [-0.2, -0.15) is 0 Å². The molecule has 73 heavy (non-hydrogen) atoms. The normalized spacial score (nSPS) is 11.1. The zero-order valence-electron chi connectivity index (χ0n) is 42.0. The fraction of sp³-hybridized carbons (Fsp3) is 0.311. The van der Waals surface area contributed by atoms with Crippen molar-refractivity contribution in [1.82, 2.24) is 0 Å². The largest absolute Gasteiger partial charge is 0.494 e. The highest BCUT2D eigenvalue weighted by molar-refractivity contribution is 5.93. The van der Waals surface area contributed by atoms with Gasteiger partial charge in [-0.3, -0.25) is 9.98 Å². The van der Waals surface area contributed by atoms with Crippen molar-refractivity contribution in [1.29, 1.82) is 0 Å². The summed E-state index contributed by atoms with van der Waals surface area (Å²) in [4.78, 5) is 59.7. The number of carbonyl (C=O) groups excluding carboxylic acids is 4. The Morgan fingerprint density at radius 1 is 0.342 bits per heavy atom. The number of hydrogen-bond acceptors (Lipinski definition) is 12. The SMILES string of the molecule is CCCCCCCCOc1ccc(C(=O)Oc2ccc(C=Nc3ccc(C(=O)OCCCOC(=O)c4ccc(N=Cc5ccc(OC(=O)c6ccc(OCCCCCCCC)cc6)cc5)cc4)cc3)cc2)cc1. The standard InChI is InChI=1S/C61H66N2O10/c1-3-5-7-9-11-13-40-68-54-36-24-50(25-37-54)60(66)72-56-32-16-46(17-33-56)44-62-52-28-20-48(21-29-52)58(64)70-42-15-43-71-59(65)49-22-30-53(31-23-49)63-45-47-18-34-57(35-19-47)73-61(67)51-26-38-55(39-27-51)69-41-14-12-10-8-6-4-2/h16-39,44-45H,3-15,40-43H2,1-2H3. The lowest BCUT2D eigenvalue weighted by Gasteiger charge is -2.08. The van der Waals surface area contributed by atoms with Crippen LogP contribution in [-0.4, -0.2) is 62.7 Å². The summed E-state index contributed by atoms with van der Waals surface area (Å²) in [5, 5.41) is 0. The predicted molar refractivity (Wildman–Crippen MR) is 286 cm³/mol. The topological polar surface area (TPSA) is 148 Å². The molecule has 12 nitrogen and oxygen atoms in total. The maximum absolute atomic E-state index is 12.7. The molecule has 0 unspecified atom stereocenters. The smallest absolute Gasteiger partial charge is 0.343 e. The van der Waals surface area contributed by atoms with Crippen molar-refractivity contribution >= 4 is 47.7 Å². The van der Waals surface area contributed by atoms with E-state index < -0.39 is 23.9 Å². The van der Waals surface area contributed by atoms with Gasteiger partial charge in [0.25, 0.3) is 0 Å². The summed E-state index contributed by atoms with van der Waals surface area (Å²) in [6, 6.07) is 41.3. The van der Waals surface area contributed by atoms with Gasteiger partial charge in [0.1, 0.15) is 23.0 Å². The molecule has 12 heteroatoms. The highest BCUT2D eigenvalue weighted by atomic mass is 16.6. The van der Waals surface area contributed by atoms with Crippen LogP contribution in [0.15, 0.2) is 156 Å². The first-order valence-corrected chi connectivity index (χ1v) is 25.5. The summed E-state index contributed by atoms with van der Waals surface area (Å²) in [7, 11) is 0. The Labute approximate surface area is 429 Å². The molecule has 0 aliphatic rings. The highest BCUT2D eigenvalue weighted by Gasteiger charge is 2.12. The fourth-order valence-corrected chi connectivity index (χ4v) is 7.32. The van der Waals surface area contributed by atoms with Gasteiger partial charge in [0, 0.05) is 18.9 Å². The molecule has 0 bridgehead atoms. The van der Waals surface area contributed by atoms with Crippen LogP contribution < -0.4 is 18.9 Å². The number of unbranched alkanes of at least 4 members (excludes halogenated alkanes) is 10. The minimum atomic E-state index is -0.503. The van der Waals surface area contributed by atoms with Crippen LogP contribution in [0.3, 0.4) is 0 Å². The van der Waals surface area contributed by atoms with Crippen molar-refractivity contribution in [2.45, 2.75) is 97.3 Å². The monoisotopic (exact) mass is 986 g/mol. The molecule has 0 spiro atoms. The van der Waals surface area contributed by atoms with Crippen LogP contribution in [0.5, 0.6) is 23.0 Å². The molecule has 0 aromatic heterocycles. The lowest BCUT2D eigenvalue weighted by molar-refractivity contribution is 0.0395. The van der Waals surface area contributed by atoms with Crippen LogP contribution in [0.25, 0.3) is 0 Å². The van der Waals surface area contributed by atoms with Gasteiger partial charge in [-0.1, -0.05) is 78.1 Å². The first-order valence-electron chi connectivity index (χ1n) is 25.5. The number of hydrogen-bond donors (Lipinski definition) is 0. The van der Waals surface area contributed by atoms with Crippen LogP contribution in [0.1, 0.15) is 150 Å². The average molecular weight is 987 g/mol. The molecule has 0 N–H and O–H groups in total. The molecule has 0 saturated carbocycles. The van der Waals surface area contributed by atoms with Crippen molar-refractivity contribution in [3.63, 3.8) is 0 Å². The quantitative estimate of drug-likeness (QED) is 0.0185. The van der Waals surface area contributed by atoms with E-state index in [1.165, 1.54) is 51.4 Å². The molecule has 0 fully saturated rings. The van der Waals surface area contributed by atoms with Gasteiger partial charge in [0.2, 0.25) is 0 Å². The second-order valence-corrected chi connectivity index (χ2v) is 17.4. The van der Waals surface area contributed by atoms with Crippen molar-refractivity contribution in [3.8, 4) is 23.0 Å². The maximum Gasteiger partial charge on any atom is 0.343 e. The first-order chi connectivity index (χ1) is 35.8. The minimum Gasteiger partial charge on any atom is -0.494 e. The number of rotatable bonds is 30. The Balaban J connectivity index is 0.828. The van der Waals surface area contributed by atoms with E-state index >= 15 is 0 Å². The van der Waals surface area contributed by atoms with E-state index in [0.29, 0.717) is 64.8 Å². The third kappa shape index (κ3) is 19.7. The van der Waals surface area contributed by atoms with E-state index in [9.17, 15) is 19.2 Å². The molecule has 0 radical (unpaired) electrons. The zero-order chi connectivity index (χ0) is 51.3. The highest BCUT2D eigenvalue weighted by Crippen LogP contribution is 2.21. The molecule has 0 atom stereocenters. The van der Waals surface area contributed by atoms with E-state index in [2.05, 4.69) is 23.8 Å². The predicted octanol–water partition coefficient (Wildman–Crippen LogP) is 14.5. The van der Waals surface area contributed by atoms with Gasteiger partial charge in [-0.05, 0) is 170 Å². The molecule has 6 aromatic carbocycles. The summed E-state index contributed by atoms with van der Waals surface area (Å²) < 4.78 is 33.5. The molecule has 0 amide bonds. The lowest BCUT2D eigenvalue weighted by atomic mass is 10.1. The van der Waals surface area contributed by atoms with E-state index in [1.54, 1.807) is 158 Å². The molecule has 380 valence electrons. The Morgan fingerprint density at radius 3 is 1.03 bits per heavy atom. The average Bonchev–Trinajstić information content (AvgIpc) is 3.42. The Bertz CT molecular complexity index is 2480. The third-order valence-electron chi connectivity index (χ3n) is 11.6. The second-order valence-electron chi connectivity index (χ2n) is 17.4. The summed E-state index contributed by atoms with van der Waals surface area (Å²) >= 11 is 0. The molecule has 0 heterocycles. The molecule has 0 aliphatic carbocycles. The number of ether oxygens (including phenoxy) is 6. The van der Waals surface area contributed by atoms with E-state index in [1.807, 2.05) is 0 Å². The molecule has 0 saturated heterocycles. The molecule has 0 aliphatic heterocycles. The minimum absolute atomic E-state index is 0.0675. The van der Waals surface area contributed by atoms with E-state index in [0.717, 1.165) is 48.3 Å². The van der Waals surface area contributed by atoms with Crippen molar-refractivity contribution in [2.75, 3.05) is 26.4 Å². The van der Waals surface area contributed by atoms with Gasteiger partial charge in [0.15, 0.2) is 0 Å². The first kappa shape index (κ1) is 54.5. The van der Waals surface area contributed by atoms with Crippen LogP contribution in [0.2, 0.25) is 0 Å². The number of benzene rings is 6. The molecular weight excluding hydrogens is 921 g/mol. The molecular formula is C61H66N2O10. The van der Waals surface area contributed by atoms with Gasteiger partial charge >= 0.3 is 23.9 Å². The number of esters is 4. The third-order valence-corrected chi connectivity index (χ3v) is 11.6. The fourth-order valence-electron chi connectivity index (χ4n) is 7.32. The van der Waals surface area contributed by atoms with Crippen molar-refractivity contribution in [3.05, 3.63) is 179 Å². The molecule has 6 aromatic rings. The number of aliphatic imine (C=N–C) groups is 2. The Morgan fingerprint density at radius 2 is 0.658 bits per heavy atom. The van der Waals surface area contributed by atoms with E-state index in [-0.39, 0.29) is 13.2 Å². The summed E-state index contributed by atoms with van der Waals surface area (Å²) in [5.74, 6) is 0.354.